The van der Waals surface area contributed by atoms with Gasteiger partial charge in [-0.2, -0.15) is 0 Å². The van der Waals surface area contributed by atoms with Crippen LogP contribution in [-0.2, 0) is 41.6 Å². The van der Waals surface area contributed by atoms with E-state index in [-0.39, 0.29) is 31.7 Å². The number of carboxylic acids is 1. The Morgan fingerprint density at radius 1 is 0.623 bits per heavy atom. The number of carbonyl (C=O) groups excluding carboxylic acids is 5. The minimum absolute atomic E-state index is 0.0345. The summed E-state index contributed by atoms with van der Waals surface area (Å²) in [5, 5.41) is 34.0. The Balaban J connectivity index is 1.73. The summed E-state index contributed by atoms with van der Waals surface area (Å²) in [7, 11) is 0. The number of aliphatic carboxylic acids is 1. The van der Waals surface area contributed by atoms with Gasteiger partial charge in [0.1, 0.15) is 30.2 Å². The van der Waals surface area contributed by atoms with Gasteiger partial charge < -0.3 is 53.4 Å². The fraction of sp³-hybridized carbons (Fsp3) is 0.591. The molecule has 0 saturated carbocycles. The molecule has 0 aromatic heterocycles. The topological polar surface area (TPSA) is 248 Å². The molecule has 1 saturated heterocycles. The third kappa shape index (κ3) is 19.5. The van der Waals surface area contributed by atoms with Gasteiger partial charge in [-0.15, -0.1) is 0 Å². The van der Waals surface area contributed by atoms with Gasteiger partial charge in [-0.1, -0.05) is 87.9 Å². The zero-order chi connectivity index (χ0) is 44.4. The molecule has 1 heterocycles. The van der Waals surface area contributed by atoms with Crippen molar-refractivity contribution < 1.29 is 33.9 Å². The van der Waals surface area contributed by atoms with Crippen molar-refractivity contribution >= 4 is 35.5 Å². The van der Waals surface area contributed by atoms with Gasteiger partial charge in [0.25, 0.3) is 0 Å². The molecule has 1 aliphatic rings. The number of carboxylic acid groups (broad SMARTS) is 1. The van der Waals surface area contributed by atoms with Crippen LogP contribution < -0.4 is 48.3 Å². The van der Waals surface area contributed by atoms with E-state index in [1.165, 1.54) is 0 Å². The summed E-state index contributed by atoms with van der Waals surface area (Å²) in [4.78, 5) is 83.3. The average Bonchev–Trinajstić information content (AvgIpc) is 3.23. The molecule has 2 aromatic carbocycles. The second-order valence-electron chi connectivity index (χ2n) is 15.9. The number of nitrogens with two attached hydrogens (primary N) is 1. The quantitative estimate of drug-likeness (QED) is 0.0646. The van der Waals surface area contributed by atoms with Crippen LogP contribution in [0, 0.1) is 5.92 Å². The fourth-order valence-electron chi connectivity index (χ4n) is 6.94. The molecule has 0 radical (unpaired) electrons. The molecule has 0 bridgehead atoms. The first-order valence-electron chi connectivity index (χ1n) is 21.8. The first kappa shape index (κ1) is 50.4. The summed E-state index contributed by atoms with van der Waals surface area (Å²) in [6, 6.07) is 12.4. The highest BCUT2D eigenvalue weighted by molar-refractivity contribution is 5.96. The minimum Gasteiger partial charge on any atom is -0.480 e. The minimum atomic E-state index is -1.26. The largest absolute Gasteiger partial charge is 0.480 e. The van der Waals surface area contributed by atoms with Crippen molar-refractivity contribution in [3.63, 3.8) is 0 Å². The Bertz CT molecular complexity index is 1620. The van der Waals surface area contributed by atoms with E-state index in [0.717, 1.165) is 31.7 Å². The van der Waals surface area contributed by atoms with Gasteiger partial charge in [0.15, 0.2) is 0 Å². The van der Waals surface area contributed by atoms with Crippen molar-refractivity contribution in [1.29, 1.82) is 0 Å². The number of nitrogens with one attached hydrogen (secondary N) is 8. The molecule has 2 aromatic rings. The number of carbonyl (C=O) groups is 6. The summed E-state index contributed by atoms with van der Waals surface area (Å²) in [6.45, 7) is 11.9. The van der Waals surface area contributed by atoms with Gasteiger partial charge in [0.05, 0.1) is 6.54 Å². The van der Waals surface area contributed by atoms with Crippen LogP contribution in [0.4, 0.5) is 0 Å². The van der Waals surface area contributed by atoms with Crippen molar-refractivity contribution in [3.8, 4) is 0 Å². The molecule has 1 fully saturated rings. The van der Waals surface area contributed by atoms with Crippen molar-refractivity contribution in [2.24, 2.45) is 11.7 Å². The lowest BCUT2D eigenvalue weighted by molar-refractivity contribution is -0.142. The number of nitrogens with zero attached hydrogens (tertiary/aromatic N) is 1. The van der Waals surface area contributed by atoms with E-state index in [0.29, 0.717) is 64.0 Å². The molecule has 11 N–H and O–H groups in total. The number of hydrogen-bond acceptors (Lipinski definition) is 11. The molecule has 0 spiro atoms. The number of unbranched alkanes of at least 4 members (excludes halogenated alkanes) is 1. The zero-order valence-corrected chi connectivity index (χ0v) is 36.2. The van der Waals surface area contributed by atoms with Crippen LogP contribution in [0.1, 0.15) is 64.0 Å². The van der Waals surface area contributed by atoms with Crippen LogP contribution in [0.15, 0.2) is 60.7 Å². The molecule has 61 heavy (non-hydrogen) atoms. The lowest BCUT2D eigenvalue weighted by atomic mass is 9.99. The second-order valence-corrected chi connectivity index (χ2v) is 15.9. The van der Waals surface area contributed by atoms with Crippen LogP contribution >= 0.6 is 0 Å². The van der Waals surface area contributed by atoms with Gasteiger partial charge in [-0.25, -0.2) is 4.79 Å². The van der Waals surface area contributed by atoms with Crippen LogP contribution in [0.3, 0.4) is 0 Å². The molecule has 5 unspecified atom stereocenters. The Labute approximate surface area is 360 Å². The van der Waals surface area contributed by atoms with Crippen molar-refractivity contribution in [3.05, 3.63) is 71.8 Å². The number of hydrogen-bond donors (Lipinski definition) is 10. The molecule has 0 aliphatic carbocycles. The summed E-state index contributed by atoms with van der Waals surface area (Å²) in [5.74, 6) is -4.42. The predicted octanol–water partition coefficient (Wildman–Crippen LogP) is -0.350. The lowest BCUT2D eigenvalue weighted by Gasteiger charge is -2.29. The number of benzene rings is 2. The molecular weight excluding hydrogens is 781 g/mol. The van der Waals surface area contributed by atoms with E-state index in [1.807, 2.05) is 24.0 Å². The van der Waals surface area contributed by atoms with Crippen molar-refractivity contribution in [2.75, 3.05) is 65.4 Å². The van der Waals surface area contributed by atoms with Gasteiger partial charge in [-0.3, -0.25) is 28.9 Å². The molecule has 5 amide bonds. The van der Waals surface area contributed by atoms with E-state index in [9.17, 15) is 33.9 Å². The predicted molar refractivity (Wildman–Crippen MR) is 235 cm³/mol. The Hall–Kier alpha value is -4.94. The van der Waals surface area contributed by atoms with Crippen molar-refractivity contribution in [1.82, 2.24) is 47.4 Å². The maximum absolute atomic E-state index is 14.0. The molecular formula is C44H70N10O7. The molecule has 5 atom stereocenters. The smallest absolute Gasteiger partial charge is 0.326 e. The van der Waals surface area contributed by atoms with Crippen molar-refractivity contribution in [2.45, 2.75) is 95.9 Å². The van der Waals surface area contributed by atoms with Crippen LogP contribution in [0.25, 0.3) is 0 Å². The summed E-state index contributed by atoms with van der Waals surface area (Å²) < 4.78 is 0. The SMILES string of the molecule is CCCC(NC(=O)C(CCCCN)NC(=O)CN1CCNCCNCCNCC1)C(=O)NC(C(=O)NC(Cc1ccccc1)C(=O)NC(Cc1ccccc1)C(=O)O)C(C)C. The standard InChI is InChI=1S/C44H70N10O7/c1-4-13-34(50-40(56)35(18-11-12-19-45)49-38(55)30-54-26-24-47-22-20-46-21-23-48-25-27-54)41(57)53-39(31(2)3)43(59)51-36(28-32-14-7-5-8-15-32)42(58)52-37(44(60)61)29-33-16-9-6-10-17-33/h5-10,14-17,31,34-37,39,46-48H,4,11-13,18-30,45H2,1-3H3,(H,49,55)(H,50,56)(H,51,59)(H,52,58)(H,53,57)(H,60,61). The fourth-order valence-corrected chi connectivity index (χ4v) is 6.94. The average molecular weight is 851 g/mol. The normalized spacial score (nSPS) is 16.6. The highest BCUT2D eigenvalue weighted by atomic mass is 16.4. The van der Waals surface area contributed by atoms with E-state index in [1.54, 1.807) is 62.4 Å². The maximum Gasteiger partial charge on any atom is 0.326 e. The first-order valence-corrected chi connectivity index (χ1v) is 21.8. The highest BCUT2D eigenvalue weighted by Gasteiger charge is 2.34. The second kappa shape index (κ2) is 28.6. The third-order valence-electron chi connectivity index (χ3n) is 10.4. The summed E-state index contributed by atoms with van der Waals surface area (Å²) in [6.07, 6.45) is 2.43. The van der Waals surface area contributed by atoms with Gasteiger partial charge in [0, 0.05) is 65.2 Å². The molecule has 17 nitrogen and oxygen atoms in total. The number of amides is 5. The van der Waals surface area contributed by atoms with Gasteiger partial charge in [0.2, 0.25) is 29.5 Å². The molecule has 17 heteroatoms. The van der Waals surface area contributed by atoms with Gasteiger partial charge >= 0.3 is 5.97 Å². The Morgan fingerprint density at radius 3 is 1.62 bits per heavy atom. The Kier molecular flexibility index (Phi) is 23.6. The third-order valence-corrected chi connectivity index (χ3v) is 10.4. The lowest BCUT2D eigenvalue weighted by Crippen LogP contribution is -2.60. The summed E-state index contributed by atoms with van der Waals surface area (Å²) in [5.41, 5.74) is 7.19. The van der Waals surface area contributed by atoms with E-state index in [2.05, 4.69) is 42.5 Å². The maximum atomic E-state index is 14.0. The van der Waals surface area contributed by atoms with Crippen LogP contribution in [0.2, 0.25) is 0 Å². The van der Waals surface area contributed by atoms with E-state index < -0.39 is 65.7 Å². The first-order chi connectivity index (χ1) is 29.4. The molecule has 1 aliphatic heterocycles. The van der Waals surface area contributed by atoms with Gasteiger partial charge in [-0.05, 0) is 49.3 Å². The Morgan fingerprint density at radius 2 is 1.10 bits per heavy atom. The monoisotopic (exact) mass is 851 g/mol. The van der Waals surface area contributed by atoms with Crippen LogP contribution in [-0.4, -0.2) is 141 Å². The van der Waals surface area contributed by atoms with E-state index in [4.69, 9.17) is 5.73 Å². The zero-order valence-electron chi connectivity index (χ0n) is 36.2. The highest BCUT2D eigenvalue weighted by Crippen LogP contribution is 2.11. The van der Waals surface area contributed by atoms with Crippen LogP contribution in [0.5, 0.6) is 0 Å². The molecule has 338 valence electrons. The van der Waals surface area contributed by atoms with E-state index >= 15 is 0 Å². The number of rotatable bonds is 23. The molecule has 3 rings (SSSR count). The summed E-state index contributed by atoms with van der Waals surface area (Å²) >= 11 is 0.